The molecule has 0 radical (unpaired) electrons. The van der Waals surface area contributed by atoms with Gasteiger partial charge in [-0.25, -0.2) is 0 Å². The third kappa shape index (κ3) is 0.997. The van der Waals surface area contributed by atoms with Crippen LogP contribution in [0.25, 0.3) is 0 Å². The van der Waals surface area contributed by atoms with Gasteiger partial charge in [0.25, 0.3) is 0 Å². The summed E-state index contributed by atoms with van der Waals surface area (Å²) in [5.41, 5.74) is 0. The van der Waals surface area contributed by atoms with Crippen LogP contribution in [0.1, 0.15) is 25.7 Å². The first-order chi connectivity index (χ1) is 3.80. The van der Waals surface area contributed by atoms with Crippen LogP contribution in [0.4, 0.5) is 0 Å². The Morgan fingerprint density at radius 2 is 1.88 bits per heavy atom. The zero-order valence-corrected chi connectivity index (χ0v) is 4.76. The van der Waals surface area contributed by atoms with Gasteiger partial charge in [-0.15, -0.1) is 0 Å². The van der Waals surface area contributed by atoms with Crippen molar-refractivity contribution in [3.63, 3.8) is 0 Å². The molecule has 46 valence electrons. The Bertz CT molecular complexity index is 92.7. The summed E-state index contributed by atoms with van der Waals surface area (Å²) in [4.78, 5) is 10.2. The number of carboxylic acid groups (broad SMARTS) is 1. The fraction of sp³-hybridized carbons (Fsp3) is 0.833. The second-order valence-corrected chi connectivity index (χ2v) is 2.32. The summed E-state index contributed by atoms with van der Waals surface area (Å²) in [7, 11) is 0. The standard InChI is InChI=1S/C6H10O2/c7-6(8)5-3-1-2-4-5/h5H,1-4H2,(H,7,8)/i6+1. The van der Waals surface area contributed by atoms with Crippen LogP contribution in [-0.4, -0.2) is 11.1 Å². The zero-order valence-electron chi connectivity index (χ0n) is 4.76. The van der Waals surface area contributed by atoms with Gasteiger partial charge in [-0.3, -0.25) is 4.79 Å². The second-order valence-electron chi connectivity index (χ2n) is 2.32. The largest absolute Gasteiger partial charge is 0.481 e. The summed E-state index contributed by atoms with van der Waals surface area (Å²) in [6, 6.07) is 0. The van der Waals surface area contributed by atoms with E-state index in [9.17, 15) is 4.79 Å². The van der Waals surface area contributed by atoms with Gasteiger partial charge in [0.15, 0.2) is 0 Å². The zero-order chi connectivity index (χ0) is 5.98. The molecule has 0 aromatic rings. The molecule has 1 aliphatic carbocycles. The molecule has 1 fully saturated rings. The smallest absolute Gasteiger partial charge is 0.306 e. The molecule has 0 unspecified atom stereocenters. The van der Waals surface area contributed by atoms with Crippen molar-refractivity contribution < 1.29 is 9.90 Å². The van der Waals surface area contributed by atoms with Crippen LogP contribution in [0.2, 0.25) is 0 Å². The van der Waals surface area contributed by atoms with Gasteiger partial charge in [-0.05, 0) is 12.8 Å². The van der Waals surface area contributed by atoms with E-state index in [-0.39, 0.29) is 5.92 Å². The van der Waals surface area contributed by atoms with Crippen molar-refractivity contribution in [1.29, 1.82) is 0 Å². The van der Waals surface area contributed by atoms with Crippen molar-refractivity contribution in [1.82, 2.24) is 0 Å². The SMILES string of the molecule is O=[13C](O)C1CCCC1. The highest BCUT2D eigenvalue weighted by Gasteiger charge is 2.20. The van der Waals surface area contributed by atoms with E-state index in [0.717, 1.165) is 25.7 Å². The minimum absolute atomic E-state index is 0.0185. The lowest BCUT2D eigenvalue weighted by Gasteiger charge is -1.97. The molecule has 2 heteroatoms. The van der Waals surface area contributed by atoms with Crippen LogP contribution in [0, 0.1) is 5.92 Å². The molecule has 0 amide bonds. The summed E-state index contributed by atoms with van der Waals surface area (Å²) >= 11 is 0. The van der Waals surface area contributed by atoms with Gasteiger partial charge in [-0.2, -0.15) is 0 Å². The topological polar surface area (TPSA) is 37.3 Å². The number of aliphatic carboxylic acids is 1. The Morgan fingerprint density at radius 3 is 2.12 bits per heavy atom. The van der Waals surface area contributed by atoms with E-state index in [2.05, 4.69) is 0 Å². The van der Waals surface area contributed by atoms with Crippen LogP contribution < -0.4 is 0 Å². The maximum atomic E-state index is 10.2. The molecular formula is C6H10O2. The van der Waals surface area contributed by atoms with Crippen molar-refractivity contribution in [3.05, 3.63) is 0 Å². The first kappa shape index (κ1) is 5.60. The van der Waals surface area contributed by atoms with Gasteiger partial charge in [-0.1, -0.05) is 12.8 Å². The number of carboxylic acids is 1. The molecule has 0 aliphatic heterocycles. The lowest BCUT2D eigenvalue weighted by molar-refractivity contribution is -0.141. The van der Waals surface area contributed by atoms with Crippen molar-refractivity contribution in [2.45, 2.75) is 25.7 Å². The number of carbonyl (C=O) groups is 1. The Kier molecular flexibility index (Phi) is 1.51. The van der Waals surface area contributed by atoms with Crippen molar-refractivity contribution in [2.75, 3.05) is 0 Å². The fourth-order valence-electron chi connectivity index (χ4n) is 1.17. The summed E-state index contributed by atoms with van der Waals surface area (Å²) in [6.45, 7) is 0. The first-order valence-electron chi connectivity index (χ1n) is 3.03. The molecular weight excluding hydrogens is 105 g/mol. The maximum absolute atomic E-state index is 10.2. The summed E-state index contributed by atoms with van der Waals surface area (Å²) in [6.07, 6.45) is 4.01. The molecule has 0 bridgehead atoms. The van der Waals surface area contributed by atoms with Crippen molar-refractivity contribution in [2.24, 2.45) is 5.92 Å². The van der Waals surface area contributed by atoms with E-state index in [1.807, 2.05) is 0 Å². The van der Waals surface area contributed by atoms with E-state index in [1.54, 1.807) is 0 Å². The van der Waals surface area contributed by atoms with Crippen LogP contribution in [0.5, 0.6) is 0 Å². The molecule has 0 heterocycles. The molecule has 1 saturated carbocycles. The summed E-state index contributed by atoms with van der Waals surface area (Å²) in [5.74, 6) is -0.627. The highest BCUT2D eigenvalue weighted by Crippen LogP contribution is 2.24. The molecule has 1 aliphatic rings. The van der Waals surface area contributed by atoms with Gasteiger partial charge in [0, 0.05) is 0 Å². The Balaban J connectivity index is 2.35. The van der Waals surface area contributed by atoms with Crippen molar-refractivity contribution >= 4 is 5.97 Å². The Hall–Kier alpha value is -0.530. The molecule has 2 nitrogen and oxygen atoms in total. The number of hydrogen-bond acceptors (Lipinski definition) is 1. The molecule has 0 atom stereocenters. The monoisotopic (exact) mass is 115 g/mol. The quantitative estimate of drug-likeness (QED) is 0.522. The molecule has 1 N–H and O–H groups in total. The maximum Gasteiger partial charge on any atom is 0.306 e. The fourth-order valence-corrected chi connectivity index (χ4v) is 1.17. The van der Waals surface area contributed by atoms with E-state index < -0.39 is 5.97 Å². The molecule has 1 rings (SSSR count). The van der Waals surface area contributed by atoms with E-state index >= 15 is 0 Å². The predicted molar refractivity (Wildman–Crippen MR) is 29.6 cm³/mol. The minimum Gasteiger partial charge on any atom is -0.481 e. The molecule has 0 aromatic carbocycles. The van der Waals surface area contributed by atoms with Crippen molar-refractivity contribution in [3.8, 4) is 0 Å². The average Bonchev–Trinajstić information content (AvgIpc) is 2.12. The second kappa shape index (κ2) is 2.16. The van der Waals surface area contributed by atoms with Crippen LogP contribution in [-0.2, 0) is 4.79 Å². The van der Waals surface area contributed by atoms with Crippen LogP contribution in [0.15, 0.2) is 0 Å². The van der Waals surface area contributed by atoms with E-state index in [4.69, 9.17) is 5.11 Å². The summed E-state index contributed by atoms with van der Waals surface area (Å²) < 4.78 is 0. The van der Waals surface area contributed by atoms with Gasteiger partial charge in [0.2, 0.25) is 0 Å². The molecule has 0 aromatic heterocycles. The Labute approximate surface area is 48.5 Å². The highest BCUT2D eigenvalue weighted by molar-refractivity contribution is 5.70. The normalized spacial score (nSPS) is 21.5. The number of hydrogen-bond donors (Lipinski definition) is 1. The lowest BCUT2D eigenvalue weighted by atomic mass is 10.2. The molecule has 8 heavy (non-hydrogen) atoms. The average molecular weight is 115 g/mol. The Morgan fingerprint density at radius 1 is 1.38 bits per heavy atom. The van der Waals surface area contributed by atoms with Crippen LogP contribution in [0.3, 0.4) is 0 Å². The third-order valence-corrected chi connectivity index (χ3v) is 1.70. The predicted octanol–water partition coefficient (Wildman–Crippen LogP) is 1.26. The molecule has 0 spiro atoms. The van der Waals surface area contributed by atoms with Gasteiger partial charge in [0.1, 0.15) is 0 Å². The van der Waals surface area contributed by atoms with Gasteiger partial charge >= 0.3 is 5.97 Å². The van der Waals surface area contributed by atoms with Gasteiger partial charge in [0.05, 0.1) is 5.92 Å². The number of rotatable bonds is 1. The highest BCUT2D eigenvalue weighted by atomic mass is 16.5. The van der Waals surface area contributed by atoms with Gasteiger partial charge < -0.3 is 5.11 Å². The first-order valence-corrected chi connectivity index (χ1v) is 3.03. The van der Waals surface area contributed by atoms with E-state index in [1.165, 1.54) is 0 Å². The third-order valence-electron chi connectivity index (χ3n) is 1.70. The molecule has 0 saturated heterocycles. The summed E-state index contributed by atoms with van der Waals surface area (Å²) in [5, 5.41) is 8.41. The van der Waals surface area contributed by atoms with E-state index in [0.29, 0.717) is 0 Å². The lowest BCUT2D eigenvalue weighted by Crippen LogP contribution is -2.07. The van der Waals surface area contributed by atoms with Crippen LogP contribution >= 0.6 is 0 Å². The minimum atomic E-state index is -0.609.